The fourth-order valence-corrected chi connectivity index (χ4v) is 1.59. The van der Waals surface area contributed by atoms with Crippen LogP contribution in [0, 0.1) is 0 Å². The minimum atomic E-state index is -4.44. The number of carbonyl (C=O) groups is 1. The van der Waals surface area contributed by atoms with Gasteiger partial charge in [-0.05, 0) is 11.6 Å². The number of ketones is 1. The van der Waals surface area contributed by atoms with Crippen LogP contribution in [0.15, 0.2) is 28.8 Å². The van der Waals surface area contributed by atoms with Crippen molar-refractivity contribution in [3.8, 4) is 0 Å². The van der Waals surface area contributed by atoms with Crippen LogP contribution in [0.5, 0.6) is 0 Å². The van der Waals surface area contributed by atoms with E-state index < -0.39 is 17.5 Å². The lowest BCUT2D eigenvalue weighted by Gasteiger charge is -2.10. The fourth-order valence-electron chi connectivity index (χ4n) is 1.59. The Balaban J connectivity index is 2.30. The standard InChI is InChI=1S/C12H9F3N2O2/c1-7(18)11-16-10(17-19-11)6-8-4-2-3-5-9(8)12(13,14)15/h2-5H,6H2,1H3. The molecule has 0 aliphatic heterocycles. The van der Waals surface area contributed by atoms with Gasteiger partial charge in [0.05, 0.1) is 5.56 Å². The molecule has 1 aromatic carbocycles. The van der Waals surface area contributed by atoms with Crippen LogP contribution in [0.25, 0.3) is 0 Å². The summed E-state index contributed by atoms with van der Waals surface area (Å²) >= 11 is 0. The summed E-state index contributed by atoms with van der Waals surface area (Å²) in [5.41, 5.74) is -0.713. The number of hydrogen-bond acceptors (Lipinski definition) is 4. The lowest BCUT2D eigenvalue weighted by Crippen LogP contribution is -2.09. The molecule has 0 radical (unpaired) electrons. The maximum Gasteiger partial charge on any atom is 0.416 e. The molecule has 0 unspecified atom stereocenters. The Labute approximate surface area is 106 Å². The minimum Gasteiger partial charge on any atom is -0.331 e. The molecule has 0 spiro atoms. The molecule has 2 rings (SSSR count). The molecule has 0 saturated carbocycles. The second-order valence-electron chi connectivity index (χ2n) is 3.90. The van der Waals surface area contributed by atoms with Crippen LogP contribution in [0.2, 0.25) is 0 Å². The molecule has 7 heteroatoms. The third-order valence-corrected chi connectivity index (χ3v) is 2.44. The number of halogens is 3. The Morgan fingerprint density at radius 2 is 2.00 bits per heavy atom. The van der Waals surface area contributed by atoms with E-state index in [1.54, 1.807) is 0 Å². The number of carbonyl (C=O) groups excluding carboxylic acids is 1. The molecule has 19 heavy (non-hydrogen) atoms. The number of benzene rings is 1. The van der Waals surface area contributed by atoms with Gasteiger partial charge in [-0.15, -0.1) is 0 Å². The second kappa shape index (κ2) is 4.83. The SMILES string of the molecule is CC(=O)c1nc(Cc2ccccc2C(F)(F)F)no1. The quantitative estimate of drug-likeness (QED) is 0.805. The van der Waals surface area contributed by atoms with E-state index in [0.29, 0.717) is 0 Å². The number of aromatic nitrogens is 2. The molecule has 4 nitrogen and oxygen atoms in total. The summed E-state index contributed by atoms with van der Waals surface area (Å²) in [5.74, 6) is -0.593. The van der Waals surface area contributed by atoms with Gasteiger partial charge < -0.3 is 4.52 Å². The van der Waals surface area contributed by atoms with Gasteiger partial charge in [0.15, 0.2) is 5.82 Å². The average molecular weight is 270 g/mol. The van der Waals surface area contributed by atoms with Crippen LogP contribution < -0.4 is 0 Å². The molecule has 0 bridgehead atoms. The van der Waals surface area contributed by atoms with Crippen LogP contribution in [-0.4, -0.2) is 15.9 Å². The third-order valence-electron chi connectivity index (χ3n) is 2.44. The van der Waals surface area contributed by atoms with Gasteiger partial charge in [0.2, 0.25) is 5.78 Å². The Kier molecular flexibility index (Phi) is 3.37. The highest BCUT2D eigenvalue weighted by molar-refractivity contribution is 5.89. The topological polar surface area (TPSA) is 56.0 Å². The van der Waals surface area contributed by atoms with Crippen molar-refractivity contribution in [1.82, 2.24) is 10.1 Å². The fraction of sp³-hybridized carbons (Fsp3) is 0.250. The first-order chi connectivity index (χ1) is 8.88. The summed E-state index contributed by atoms with van der Waals surface area (Å²) in [6, 6.07) is 5.13. The van der Waals surface area contributed by atoms with Gasteiger partial charge in [-0.3, -0.25) is 4.79 Å². The molecule has 0 amide bonds. The first-order valence-electron chi connectivity index (χ1n) is 5.36. The van der Waals surface area contributed by atoms with E-state index >= 15 is 0 Å². The van der Waals surface area contributed by atoms with Gasteiger partial charge in [-0.25, -0.2) is 0 Å². The number of nitrogens with zero attached hydrogens (tertiary/aromatic N) is 2. The van der Waals surface area contributed by atoms with E-state index in [1.807, 2.05) is 0 Å². The zero-order valence-corrected chi connectivity index (χ0v) is 9.86. The van der Waals surface area contributed by atoms with Gasteiger partial charge >= 0.3 is 6.18 Å². The van der Waals surface area contributed by atoms with Crippen molar-refractivity contribution in [2.45, 2.75) is 19.5 Å². The third kappa shape index (κ3) is 2.98. The van der Waals surface area contributed by atoms with Crippen molar-refractivity contribution in [2.24, 2.45) is 0 Å². The van der Waals surface area contributed by atoms with E-state index in [9.17, 15) is 18.0 Å². The molecular weight excluding hydrogens is 261 g/mol. The highest BCUT2D eigenvalue weighted by atomic mass is 19.4. The van der Waals surface area contributed by atoms with E-state index in [4.69, 9.17) is 0 Å². The lowest BCUT2D eigenvalue weighted by atomic mass is 10.0. The smallest absolute Gasteiger partial charge is 0.331 e. The van der Waals surface area contributed by atoms with Crippen molar-refractivity contribution in [3.05, 3.63) is 47.1 Å². The van der Waals surface area contributed by atoms with E-state index in [1.165, 1.54) is 25.1 Å². The van der Waals surface area contributed by atoms with Crippen LogP contribution >= 0.6 is 0 Å². The largest absolute Gasteiger partial charge is 0.416 e. The zero-order valence-electron chi connectivity index (χ0n) is 9.86. The Bertz CT molecular complexity index is 605. The first-order valence-corrected chi connectivity index (χ1v) is 5.36. The maximum atomic E-state index is 12.8. The molecule has 0 aliphatic rings. The van der Waals surface area contributed by atoms with Gasteiger partial charge in [0.25, 0.3) is 5.89 Å². The van der Waals surface area contributed by atoms with E-state index in [-0.39, 0.29) is 23.7 Å². The average Bonchev–Trinajstić information content (AvgIpc) is 2.77. The van der Waals surface area contributed by atoms with Crippen molar-refractivity contribution in [2.75, 3.05) is 0 Å². The molecule has 0 saturated heterocycles. The van der Waals surface area contributed by atoms with Crippen molar-refractivity contribution in [3.63, 3.8) is 0 Å². The monoisotopic (exact) mass is 270 g/mol. The summed E-state index contributed by atoms with van der Waals surface area (Å²) in [6.45, 7) is 1.24. The van der Waals surface area contributed by atoms with E-state index in [0.717, 1.165) is 6.07 Å². The molecule has 0 atom stereocenters. The van der Waals surface area contributed by atoms with Crippen LogP contribution in [0.4, 0.5) is 13.2 Å². The van der Waals surface area contributed by atoms with Crippen molar-refractivity contribution >= 4 is 5.78 Å². The molecule has 0 fully saturated rings. The molecule has 0 aliphatic carbocycles. The molecule has 1 heterocycles. The first kappa shape index (κ1) is 13.3. The molecule has 1 aromatic heterocycles. The summed E-state index contributed by atoms with van der Waals surface area (Å²) in [4.78, 5) is 14.7. The van der Waals surface area contributed by atoms with Gasteiger partial charge in [0.1, 0.15) is 0 Å². The van der Waals surface area contributed by atoms with Gasteiger partial charge in [-0.2, -0.15) is 18.2 Å². The summed E-state index contributed by atoms with van der Waals surface area (Å²) in [5, 5.41) is 3.48. The number of Topliss-reactive ketones (excluding diaryl/α,β-unsaturated/α-hetero) is 1. The summed E-state index contributed by atoms with van der Waals surface area (Å²) in [7, 11) is 0. The predicted octanol–water partition coefficient (Wildman–Crippen LogP) is 2.88. The minimum absolute atomic E-state index is 0.0332. The number of alkyl halides is 3. The highest BCUT2D eigenvalue weighted by Crippen LogP contribution is 2.32. The molecule has 2 aromatic rings. The number of hydrogen-bond donors (Lipinski definition) is 0. The van der Waals surface area contributed by atoms with E-state index in [2.05, 4.69) is 14.7 Å². The predicted molar refractivity (Wildman–Crippen MR) is 58.6 cm³/mol. The van der Waals surface area contributed by atoms with Gasteiger partial charge in [-0.1, -0.05) is 23.4 Å². The maximum absolute atomic E-state index is 12.8. The highest BCUT2D eigenvalue weighted by Gasteiger charge is 2.33. The second-order valence-corrected chi connectivity index (χ2v) is 3.90. The normalized spacial score (nSPS) is 11.6. The molecular formula is C12H9F3N2O2. The van der Waals surface area contributed by atoms with Crippen LogP contribution in [0.3, 0.4) is 0 Å². The Morgan fingerprint density at radius 3 is 2.58 bits per heavy atom. The summed E-state index contributed by atoms with van der Waals surface area (Å²) < 4.78 is 42.9. The van der Waals surface area contributed by atoms with Crippen LogP contribution in [-0.2, 0) is 12.6 Å². The van der Waals surface area contributed by atoms with Crippen LogP contribution in [0.1, 0.15) is 34.6 Å². The zero-order chi connectivity index (χ0) is 14.0. The van der Waals surface area contributed by atoms with Gasteiger partial charge in [0, 0.05) is 13.3 Å². The number of rotatable bonds is 3. The Hall–Kier alpha value is -2.18. The lowest BCUT2D eigenvalue weighted by molar-refractivity contribution is -0.138. The van der Waals surface area contributed by atoms with Crippen molar-refractivity contribution in [1.29, 1.82) is 0 Å². The Morgan fingerprint density at radius 1 is 1.32 bits per heavy atom. The summed E-state index contributed by atoms with van der Waals surface area (Å²) in [6.07, 6.45) is -4.59. The molecule has 100 valence electrons. The van der Waals surface area contributed by atoms with Crippen molar-refractivity contribution < 1.29 is 22.5 Å². The molecule has 0 N–H and O–H groups in total.